The quantitative estimate of drug-likeness (QED) is 0.879. The fourth-order valence-corrected chi connectivity index (χ4v) is 3.32. The van der Waals surface area contributed by atoms with Crippen molar-refractivity contribution in [2.75, 3.05) is 17.5 Å². The number of aromatic nitrogens is 2. The number of fused-ring (bicyclic) bond motifs is 1. The number of hydrogen-bond acceptors (Lipinski definition) is 4. The van der Waals surface area contributed by atoms with Crippen LogP contribution in [0.5, 0.6) is 0 Å². The highest BCUT2D eigenvalue weighted by atomic mass is 32.2. The zero-order chi connectivity index (χ0) is 15.4. The normalized spacial score (nSPS) is 20.0. The molecule has 2 aliphatic rings. The predicted molar refractivity (Wildman–Crippen MR) is 78.1 cm³/mol. The molecule has 0 unspecified atom stereocenters. The van der Waals surface area contributed by atoms with E-state index in [0.717, 1.165) is 30.4 Å². The lowest BCUT2D eigenvalue weighted by Gasteiger charge is -2.30. The number of nitrogens with zero attached hydrogens (tertiary/aromatic N) is 3. The van der Waals surface area contributed by atoms with Gasteiger partial charge < -0.3 is 4.90 Å². The molecule has 1 N–H and O–H groups in total. The highest BCUT2D eigenvalue weighted by molar-refractivity contribution is 7.92. The SMILES string of the molecule is Cn1nc(NS(C)(=O)=O)c2c1CCN(C(=O)C1(C)CC1)C2. The molecule has 0 aromatic carbocycles. The number of carbonyl (C=O) groups is 1. The largest absolute Gasteiger partial charge is 0.337 e. The first kappa shape index (κ1) is 14.4. The van der Waals surface area contributed by atoms with Gasteiger partial charge in [-0.05, 0) is 12.8 Å². The molecule has 1 aromatic rings. The van der Waals surface area contributed by atoms with Gasteiger partial charge in [0, 0.05) is 36.7 Å². The van der Waals surface area contributed by atoms with Crippen LogP contribution in [-0.2, 0) is 34.8 Å². The smallest absolute Gasteiger partial charge is 0.231 e. The number of sulfonamides is 1. The summed E-state index contributed by atoms with van der Waals surface area (Å²) in [6.45, 7) is 3.08. The molecule has 116 valence electrons. The summed E-state index contributed by atoms with van der Waals surface area (Å²) in [4.78, 5) is 14.3. The van der Waals surface area contributed by atoms with Gasteiger partial charge in [0.25, 0.3) is 0 Å². The maximum atomic E-state index is 12.5. The van der Waals surface area contributed by atoms with Crippen LogP contribution < -0.4 is 4.72 Å². The molecule has 1 saturated carbocycles. The zero-order valence-electron chi connectivity index (χ0n) is 12.5. The Hall–Kier alpha value is -1.57. The molecule has 1 aliphatic carbocycles. The number of hydrogen-bond donors (Lipinski definition) is 1. The first-order valence-corrected chi connectivity index (χ1v) is 8.91. The third-order valence-corrected chi connectivity index (χ3v) is 4.89. The van der Waals surface area contributed by atoms with Crippen LogP contribution >= 0.6 is 0 Å². The van der Waals surface area contributed by atoms with E-state index in [1.807, 2.05) is 11.8 Å². The summed E-state index contributed by atoms with van der Waals surface area (Å²) in [5.74, 6) is 0.510. The molecule has 8 heteroatoms. The molecule has 0 atom stereocenters. The zero-order valence-corrected chi connectivity index (χ0v) is 13.3. The maximum absolute atomic E-state index is 12.5. The van der Waals surface area contributed by atoms with Crippen molar-refractivity contribution in [3.05, 3.63) is 11.3 Å². The Labute approximate surface area is 124 Å². The number of carbonyl (C=O) groups excluding carboxylic acids is 1. The average molecular weight is 312 g/mol. The van der Waals surface area contributed by atoms with Crippen molar-refractivity contribution in [1.29, 1.82) is 0 Å². The lowest BCUT2D eigenvalue weighted by molar-refractivity contribution is -0.137. The maximum Gasteiger partial charge on any atom is 0.231 e. The Morgan fingerprint density at radius 3 is 2.62 bits per heavy atom. The summed E-state index contributed by atoms with van der Waals surface area (Å²) in [5.41, 5.74) is 1.60. The van der Waals surface area contributed by atoms with E-state index in [1.54, 1.807) is 11.7 Å². The Bertz CT molecular complexity index is 703. The summed E-state index contributed by atoms with van der Waals surface area (Å²) in [7, 11) is -1.58. The fraction of sp³-hybridized carbons (Fsp3) is 0.692. The second kappa shape index (κ2) is 4.46. The van der Waals surface area contributed by atoms with Gasteiger partial charge in [-0.1, -0.05) is 6.92 Å². The molecular formula is C13H20N4O3S. The van der Waals surface area contributed by atoms with Crippen molar-refractivity contribution in [1.82, 2.24) is 14.7 Å². The van der Waals surface area contributed by atoms with Crippen molar-refractivity contribution in [3.63, 3.8) is 0 Å². The molecule has 1 aromatic heterocycles. The van der Waals surface area contributed by atoms with E-state index in [9.17, 15) is 13.2 Å². The van der Waals surface area contributed by atoms with Crippen LogP contribution in [0.3, 0.4) is 0 Å². The molecule has 0 saturated heterocycles. The van der Waals surface area contributed by atoms with Crippen LogP contribution in [0.1, 0.15) is 31.0 Å². The van der Waals surface area contributed by atoms with E-state index in [4.69, 9.17) is 0 Å². The lowest BCUT2D eigenvalue weighted by Crippen LogP contribution is -2.40. The molecule has 0 radical (unpaired) electrons. The number of amides is 1. The van der Waals surface area contributed by atoms with Crippen molar-refractivity contribution < 1.29 is 13.2 Å². The molecule has 2 heterocycles. The fourth-order valence-electron chi connectivity index (χ4n) is 2.81. The first-order chi connectivity index (χ1) is 9.70. The van der Waals surface area contributed by atoms with Gasteiger partial charge in [-0.2, -0.15) is 5.10 Å². The van der Waals surface area contributed by atoms with Crippen molar-refractivity contribution in [3.8, 4) is 0 Å². The summed E-state index contributed by atoms with van der Waals surface area (Å²) in [5, 5.41) is 4.24. The summed E-state index contributed by atoms with van der Waals surface area (Å²) in [6.07, 6.45) is 3.69. The van der Waals surface area contributed by atoms with Gasteiger partial charge in [0.05, 0.1) is 12.8 Å². The van der Waals surface area contributed by atoms with Gasteiger partial charge in [0.1, 0.15) is 0 Å². The van der Waals surface area contributed by atoms with Gasteiger partial charge in [-0.3, -0.25) is 14.2 Å². The van der Waals surface area contributed by atoms with Gasteiger partial charge in [-0.25, -0.2) is 8.42 Å². The van der Waals surface area contributed by atoms with Crippen LogP contribution in [-0.4, -0.2) is 41.8 Å². The Balaban J connectivity index is 1.88. The number of nitrogens with one attached hydrogen (secondary N) is 1. The highest BCUT2D eigenvalue weighted by Crippen LogP contribution is 2.47. The summed E-state index contributed by atoms with van der Waals surface area (Å²) < 4.78 is 27.0. The van der Waals surface area contributed by atoms with E-state index in [-0.39, 0.29) is 11.3 Å². The van der Waals surface area contributed by atoms with Crippen LogP contribution in [0.4, 0.5) is 5.82 Å². The molecule has 3 rings (SSSR count). The van der Waals surface area contributed by atoms with E-state index in [1.165, 1.54) is 0 Å². The molecule has 1 amide bonds. The molecular weight excluding hydrogens is 292 g/mol. The molecule has 7 nitrogen and oxygen atoms in total. The van der Waals surface area contributed by atoms with Crippen molar-refractivity contribution in [2.45, 2.75) is 32.7 Å². The lowest BCUT2D eigenvalue weighted by atomic mass is 10.0. The van der Waals surface area contributed by atoms with Crippen molar-refractivity contribution in [2.24, 2.45) is 12.5 Å². The number of anilines is 1. The van der Waals surface area contributed by atoms with Crippen LogP contribution in [0.25, 0.3) is 0 Å². The van der Waals surface area contributed by atoms with Gasteiger partial charge in [-0.15, -0.1) is 0 Å². The van der Waals surface area contributed by atoms with Crippen molar-refractivity contribution >= 4 is 21.7 Å². The topological polar surface area (TPSA) is 84.3 Å². The standard InChI is InChI=1S/C13H20N4O3S/c1-13(5-6-13)12(18)17-7-4-10-9(8-17)11(14-16(10)2)15-21(3,19)20/h4-8H2,1-3H3,(H,14,15). The monoisotopic (exact) mass is 312 g/mol. The second-order valence-electron chi connectivity index (χ2n) is 6.31. The number of rotatable bonds is 3. The van der Waals surface area contributed by atoms with Gasteiger partial charge in [0.15, 0.2) is 5.82 Å². The predicted octanol–water partition coefficient (Wildman–Crippen LogP) is 0.476. The Morgan fingerprint density at radius 1 is 1.38 bits per heavy atom. The Kier molecular flexibility index (Phi) is 3.05. The van der Waals surface area contributed by atoms with E-state index >= 15 is 0 Å². The van der Waals surface area contributed by atoms with E-state index in [0.29, 0.717) is 25.3 Å². The summed E-state index contributed by atoms with van der Waals surface area (Å²) in [6, 6.07) is 0. The minimum Gasteiger partial charge on any atom is -0.337 e. The molecule has 1 aliphatic heterocycles. The second-order valence-corrected chi connectivity index (χ2v) is 8.06. The van der Waals surface area contributed by atoms with Crippen LogP contribution in [0.2, 0.25) is 0 Å². The number of aryl methyl sites for hydroxylation is 1. The first-order valence-electron chi connectivity index (χ1n) is 7.01. The molecule has 21 heavy (non-hydrogen) atoms. The van der Waals surface area contributed by atoms with Gasteiger partial charge >= 0.3 is 0 Å². The highest BCUT2D eigenvalue weighted by Gasteiger charge is 2.47. The third-order valence-electron chi connectivity index (χ3n) is 4.33. The van der Waals surface area contributed by atoms with Crippen LogP contribution in [0.15, 0.2) is 0 Å². The van der Waals surface area contributed by atoms with Gasteiger partial charge in [0.2, 0.25) is 15.9 Å². The third kappa shape index (κ3) is 2.64. The summed E-state index contributed by atoms with van der Waals surface area (Å²) >= 11 is 0. The molecule has 0 spiro atoms. The van der Waals surface area contributed by atoms with Crippen LogP contribution in [0, 0.1) is 5.41 Å². The molecule has 0 bridgehead atoms. The minimum atomic E-state index is -3.38. The molecule has 1 fully saturated rings. The average Bonchev–Trinajstić information content (AvgIpc) is 3.07. The minimum absolute atomic E-state index is 0.169. The Morgan fingerprint density at radius 2 is 2.05 bits per heavy atom. The van der Waals surface area contributed by atoms with E-state index in [2.05, 4.69) is 9.82 Å². The van der Waals surface area contributed by atoms with E-state index < -0.39 is 10.0 Å².